The van der Waals surface area contributed by atoms with E-state index in [1.165, 1.54) is 36.8 Å². The largest absolute Gasteiger partial charge is 0.497 e. The molecule has 1 aliphatic rings. The van der Waals surface area contributed by atoms with Crippen LogP contribution in [-0.4, -0.2) is 7.11 Å². The topological polar surface area (TPSA) is 9.23 Å². The molecule has 0 radical (unpaired) electrons. The second kappa shape index (κ2) is 6.34. The summed E-state index contributed by atoms with van der Waals surface area (Å²) >= 11 is 0. The molecule has 2 unspecified atom stereocenters. The number of hydrogen-bond donors (Lipinski definition) is 0. The van der Waals surface area contributed by atoms with E-state index in [0.29, 0.717) is 5.92 Å². The van der Waals surface area contributed by atoms with Gasteiger partial charge in [-0.1, -0.05) is 49.7 Å². The minimum absolute atomic E-state index is 0.542. The van der Waals surface area contributed by atoms with Crippen LogP contribution in [0.2, 0.25) is 0 Å². The molecular weight excluding hydrogens is 256 g/mol. The van der Waals surface area contributed by atoms with Crippen molar-refractivity contribution in [3.63, 3.8) is 0 Å². The van der Waals surface area contributed by atoms with Crippen LogP contribution in [0.1, 0.15) is 61.1 Å². The van der Waals surface area contributed by atoms with Gasteiger partial charge in [0.05, 0.1) is 7.11 Å². The third-order valence-corrected chi connectivity index (χ3v) is 4.77. The van der Waals surface area contributed by atoms with Crippen molar-refractivity contribution in [1.82, 2.24) is 0 Å². The lowest BCUT2D eigenvalue weighted by atomic mass is 9.73. The highest BCUT2D eigenvalue weighted by atomic mass is 16.5. The van der Waals surface area contributed by atoms with Crippen molar-refractivity contribution in [2.24, 2.45) is 0 Å². The molecule has 0 aliphatic heterocycles. The molecular formula is C20H24O. The highest BCUT2D eigenvalue weighted by Gasteiger charge is 2.27. The third kappa shape index (κ3) is 2.83. The fourth-order valence-electron chi connectivity index (χ4n) is 3.71. The van der Waals surface area contributed by atoms with E-state index in [4.69, 9.17) is 4.74 Å². The molecule has 0 saturated heterocycles. The smallest absolute Gasteiger partial charge is 0.118 e. The van der Waals surface area contributed by atoms with Gasteiger partial charge in [0.2, 0.25) is 0 Å². The minimum Gasteiger partial charge on any atom is -0.497 e. The highest BCUT2D eigenvalue weighted by Crippen LogP contribution is 2.43. The van der Waals surface area contributed by atoms with E-state index in [-0.39, 0.29) is 0 Å². The van der Waals surface area contributed by atoms with Crippen LogP contribution in [0, 0.1) is 0 Å². The lowest BCUT2D eigenvalue weighted by Crippen LogP contribution is -2.15. The van der Waals surface area contributed by atoms with Crippen LogP contribution in [0.5, 0.6) is 5.75 Å². The number of ether oxygens (including phenoxy) is 1. The average molecular weight is 280 g/mol. The van der Waals surface area contributed by atoms with Gasteiger partial charge < -0.3 is 4.74 Å². The van der Waals surface area contributed by atoms with Crippen LogP contribution in [-0.2, 0) is 0 Å². The summed E-state index contributed by atoms with van der Waals surface area (Å²) < 4.78 is 5.27. The second-order valence-electron chi connectivity index (χ2n) is 6.02. The molecule has 110 valence electrons. The predicted molar refractivity (Wildman–Crippen MR) is 88.2 cm³/mol. The second-order valence-corrected chi connectivity index (χ2v) is 6.02. The van der Waals surface area contributed by atoms with Gasteiger partial charge in [0.15, 0.2) is 0 Å². The van der Waals surface area contributed by atoms with Crippen molar-refractivity contribution in [2.75, 3.05) is 7.11 Å². The number of methoxy groups -OCH3 is 1. The van der Waals surface area contributed by atoms with Crippen molar-refractivity contribution in [1.29, 1.82) is 0 Å². The van der Waals surface area contributed by atoms with Crippen LogP contribution < -0.4 is 4.74 Å². The van der Waals surface area contributed by atoms with E-state index in [0.717, 1.165) is 11.7 Å². The number of rotatable bonds is 4. The summed E-state index contributed by atoms with van der Waals surface area (Å²) in [5, 5.41) is 0. The van der Waals surface area contributed by atoms with Crippen LogP contribution in [0.3, 0.4) is 0 Å². The van der Waals surface area contributed by atoms with Crippen LogP contribution >= 0.6 is 0 Å². The molecule has 0 heterocycles. The Balaban J connectivity index is 1.94. The van der Waals surface area contributed by atoms with Crippen molar-refractivity contribution in [3.05, 3.63) is 65.2 Å². The molecule has 2 atom stereocenters. The van der Waals surface area contributed by atoms with Crippen LogP contribution in [0.25, 0.3) is 0 Å². The van der Waals surface area contributed by atoms with Crippen molar-refractivity contribution in [3.8, 4) is 5.75 Å². The third-order valence-electron chi connectivity index (χ3n) is 4.77. The van der Waals surface area contributed by atoms with Gasteiger partial charge in [-0.15, -0.1) is 0 Å². The first-order chi connectivity index (χ1) is 10.3. The van der Waals surface area contributed by atoms with Gasteiger partial charge in [-0.3, -0.25) is 0 Å². The molecule has 2 aromatic carbocycles. The number of hydrogen-bond acceptors (Lipinski definition) is 1. The minimum atomic E-state index is 0.542. The quantitative estimate of drug-likeness (QED) is 0.718. The molecule has 0 bridgehead atoms. The molecule has 1 aliphatic carbocycles. The fourth-order valence-corrected chi connectivity index (χ4v) is 3.71. The van der Waals surface area contributed by atoms with E-state index in [1.807, 2.05) is 0 Å². The van der Waals surface area contributed by atoms with Crippen molar-refractivity contribution in [2.45, 2.75) is 44.4 Å². The van der Waals surface area contributed by atoms with Crippen molar-refractivity contribution >= 4 is 0 Å². The van der Waals surface area contributed by atoms with Gasteiger partial charge in [-0.2, -0.15) is 0 Å². The van der Waals surface area contributed by atoms with E-state index >= 15 is 0 Å². The average Bonchev–Trinajstić information content (AvgIpc) is 2.56. The Morgan fingerprint density at radius 3 is 2.33 bits per heavy atom. The Bertz CT molecular complexity index is 585. The Kier molecular flexibility index (Phi) is 4.28. The first-order valence-electron chi connectivity index (χ1n) is 8.06. The zero-order chi connectivity index (χ0) is 14.7. The molecule has 0 amide bonds. The maximum Gasteiger partial charge on any atom is 0.118 e. The highest BCUT2D eigenvalue weighted by molar-refractivity contribution is 5.43. The fraction of sp³-hybridized carbons (Fsp3) is 0.400. The first kappa shape index (κ1) is 14.2. The number of benzene rings is 2. The molecule has 21 heavy (non-hydrogen) atoms. The van der Waals surface area contributed by atoms with Gasteiger partial charge in [0.1, 0.15) is 5.75 Å². The van der Waals surface area contributed by atoms with Crippen LogP contribution in [0.15, 0.2) is 48.5 Å². The molecule has 0 saturated carbocycles. The maximum absolute atomic E-state index is 5.27. The Labute approximate surface area is 128 Å². The molecule has 1 nitrogen and oxygen atoms in total. The van der Waals surface area contributed by atoms with Gasteiger partial charge in [-0.25, -0.2) is 0 Å². The summed E-state index contributed by atoms with van der Waals surface area (Å²) in [5.41, 5.74) is 4.52. The zero-order valence-corrected chi connectivity index (χ0v) is 13.0. The molecule has 0 N–H and O–H groups in total. The van der Waals surface area contributed by atoms with E-state index in [1.54, 1.807) is 12.7 Å². The summed E-state index contributed by atoms with van der Waals surface area (Å²) in [6.07, 6.45) is 5.15. The molecule has 0 spiro atoms. The Morgan fingerprint density at radius 2 is 1.67 bits per heavy atom. The Hall–Kier alpha value is -1.76. The van der Waals surface area contributed by atoms with Crippen molar-refractivity contribution < 1.29 is 4.74 Å². The number of fused-ring (bicyclic) bond motifs is 1. The Morgan fingerprint density at radius 1 is 0.952 bits per heavy atom. The summed E-state index contributed by atoms with van der Waals surface area (Å²) in [6.45, 7) is 2.29. The molecule has 3 rings (SSSR count). The summed E-state index contributed by atoms with van der Waals surface area (Å²) in [5.74, 6) is 2.23. The normalized spacial score (nSPS) is 20.9. The molecule has 1 heteroatoms. The summed E-state index contributed by atoms with van der Waals surface area (Å²) in [4.78, 5) is 0. The first-order valence-corrected chi connectivity index (χ1v) is 8.06. The van der Waals surface area contributed by atoms with Gasteiger partial charge in [0.25, 0.3) is 0 Å². The maximum atomic E-state index is 5.27. The monoisotopic (exact) mass is 280 g/mol. The standard InChI is InChI=1S/C20H24O/c1-3-6-15-11-14-19(20-8-5-4-7-18(15)20)16-9-12-17(21-2)13-10-16/h4-5,7-10,12-13,15,19H,3,6,11,14H2,1-2H3. The van der Waals surface area contributed by atoms with Gasteiger partial charge in [-0.05, 0) is 54.0 Å². The zero-order valence-electron chi connectivity index (χ0n) is 13.0. The summed E-state index contributed by atoms with van der Waals surface area (Å²) in [6, 6.07) is 17.6. The molecule has 0 aromatic heterocycles. The van der Waals surface area contributed by atoms with Gasteiger partial charge >= 0.3 is 0 Å². The molecule has 2 aromatic rings. The SMILES string of the molecule is CCCC1CCC(c2ccc(OC)cc2)c2ccccc21. The summed E-state index contributed by atoms with van der Waals surface area (Å²) in [7, 11) is 1.72. The van der Waals surface area contributed by atoms with Gasteiger partial charge in [0, 0.05) is 5.92 Å². The lowest BCUT2D eigenvalue weighted by Gasteiger charge is -2.32. The van der Waals surface area contributed by atoms with E-state index in [2.05, 4.69) is 55.5 Å². The van der Waals surface area contributed by atoms with E-state index < -0.39 is 0 Å². The van der Waals surface area contributed by atoms with Crippen LogP contribution in [0.4, 0.5) is 0 Å². The van der Waals surface area contributed by atoms with E-state index in [9.17, 15) is 0 Å². The predicted octanol–water partition coefficient (Wildman–Crippen LogP) is 5.50. The molecule has 0 fully saturated rings. The lowest BCUT2D eigenvalue weighted by molar-refractivity contribution is 0.414.